The smallest absolute Gasteiger partial charge is 0.349 e. The predicted octanol–water partition coefficient (Wildman–Crippen LogP) is 3.24. The van der Waals surface area contributed by atoms with Crippen LogP contribution in [0.4, 0.5) is 5.69 Å². The van der Waals surface area contributed by atoms with Crippen LogP contribution in [0.2, 0.25) is 5.02 Å². The second kappa shape index (κ2) is 7.46. The molecule has 2 aromatic rings. The lowest BCUT2D eigenvalue weighted by Gasteiger charge is -2.10. The molecule has 0 aliphatic carbocycles. The molecule has 0 amide bonds. The Kier molecular flexibility index (Phi) is 5.37. The fraction of sp³-hybridized carbons (Fsp3) is 0.133. The first-order chi connectivity index (χ1) is 11.0. The van der Waals surface area contributed by atoms with E-state index in [4.69, 9.17) is 25.8 Å². The normalized spacial score (nSPS) is 10.0. The van der Waals surface area contributed by atoms with E-state index >= 15 is 0 Å². The van der Waals surface area contributed by atoms with Gasteiger partial charge >= 0.3 is 5.97 Å². The quantitative estimate of drug-likeness (QED) is 0.348. The second-order valence-electron chi connectivity index (χ2n) is 4.29. The van der Waals surface area contributed by atoms with E-state index in [0.717, 1.165) is 6.07 Å². The number of rotatable bonds is 6. The van der Waals surface area contributed by atoms with Crippen molar-refractivity contribution in [2.24, 2.45) is 0 Å². The van der Waals surface area contributed by atoms with E-state index in [2.05, 4.69) is 0 Å². The highest BCUT2D eigenvalue weighted by Crippen LogP contribution is 2.31. The Morgan fingerprint density at radius 3 is 2.57 bits per heavy atom. The van der Waals surface area contributed by atoms with Crippen molar-refractivity contribution in [3.63, 3.8) is 0 Å². The number of benzene rings is 2. The number of carbonyl (C=O) groups excluding carboxylic acids is 1. The number of esters is 1. The number of nitrogens with zero attached hydrogens (tertiary/aromatic N) is 1. The summed E-state index contributed by atoms with van der Waals surface area (Å²) < 4.78 is 15.3. The average molecular weight is 338 g/mol. The molecule has 0 fully saturated rings. The number of para-hydroxylation sites is 1. The van der Waals surface area contributed by atoms with Gasteiger partial charge in [-0.05, 0) is 18.2 Å². The Morgan fingerprint density at radius 2 is 1.91 bits per heavy atom. The first-order valence-corrected chi connectivity index (χ1v) is 6.79. The summed E-state index contributed by atoms with van der Waals surface area (Å²) >= 11 is 5.90. The third kappa shape index (κ3) is 4.33. The number of nitro benzene ring substituents is 1. The maximum Gasteiger partial charge on any atom is 0.349 e. The van der Waals surface area contributed by atoms with Gasteiger partial charge in [0.05, 0.1) is 23.1 Å². The van der Waals surface area contributed by atoms with Crippen LogP contribution in [-0.4, -0.2) is 24.6 Å². The lowest BCUT2D eigenvalue weighted by molar-refractivity contribution is -0.384. The highest BCUT2D eigenvalue weighted by molar-refractivity contribution is 6.32. The molecular formula is C15H12ClNO6. The van der Waals surface area contributed by atoms with Crippen molar-refractivity contribution in [2.75, 3.05) is 13.7 Å². The number of hydrogen-bond donors (Lipinski definition) is 0. The number of nitro groups is 1. The minimum atomic E-state index is -0.747. The van der Waals surface area contributed by atoms with Gasteiger partial charge in [0, 0.05) is 6.07 Å². The highest BCUT2D eigenvalue weighted by atomic mass is 35.5. The molecule has 2 rings (SSSR count). The Morgan fingerprint density at radius 1 is 1.17 bits per heavy atom. The van der Waals surface area contributed by atoms with Crippen LogP contribution in [0.3, 0.4) is 0 Å². The van der Waals surface area contributed by atoms with Gasteiger partial charge in [0.25, 0.3) is 5.69 Å². The second-order valence-corrected chi connectivity index (χ2v) is 4.69. The van der Waals surface area contributed by atoms with Crippen LogP contribution in [-0.2, 0) is 4.79 Å². The van der Waals surface area contributed by atoms with Gasteiger partial charge in [-0.25, -0.2) is 4.79 Å². The molecule has 0 bridgehead atoms. The molecule has 0 radical (unpaired) electrons. The van der Waals surface area contributed by atoms with Gasteiger partial charge in [-0.2, -0.15) is 0 Å². The van der Waals surface area contributed by atoms with E-state index in [1.165, 1.54) is 19.2 Å². The van der Waals surface area contributed by atoms with Crippen LogP contribution in [0.25, 0.3) is 0 Å². The van der Waals surface area contributed by atoms with Crippen LogP contribution in [0.5, 0.6) is 17.2 Å². The fourth-order valence-electron chi connectivity index (χ4n) is 1.71. The number of methoxy groups -OCH3 is 1. The van der Waals surface area contributed by atoms with Gasteiger partial charge < -0.3 is 14.2 Å². The monoisotopic (exact) mass is 337 g/mol. The largest absolute Gasteiger partial charge is 0.493 e. The van der Waals surface area contributed by atoms with Crippen molar-refractivity contribution < 1.29 is 23.9 Å². The molecule has 0 saturated heterocycles. The first-order valence-electron chi connectivity index (χ1n) is 6.41. The van der Waals surface area contributed by atoms with Gasteiger partial charge in [0.1, 0.15) is 5.75 Å². The van der Waals surface area contributed by atoms with Crippen molar-refractivity contribution in [3.8, 4) is 17.2 Å². The number of non-ortho nitro benzene ring substituents is 1. The molecule has 0 unspecified atom stereocenters. The van der Waals surface area contributed by atoms with E-state index in [0.29, 0.717) is 10.8 Å². The molecule has 0 aliphatic rings. The molecule has 0 heterocycles. The Hall–Kier alpha value is -2.80. The highest BCUT2D eigenvalue weighted by Gasteiger charge is 2.16. The first kappa shape index (κ1) is 16.6. The van der Waals surface area contributed by atoms with Crippen LogP contribution < -0.4 is 14.2 Å². The molecule has 2 aromatic carbocycles. The van der Waals surface area contributed by atoms with Crippen LogP contribution in [0, 0.1) is 10.1 Å². The molecule has 0 atom stereocenters. The summed E-state index contributed by atoms with van der Waals surface area (Å²) in [5, 5.41) is 11.1. The Balaban J connectivity index is 2.06. The average Bonchev–Trinajstić information content (AvgIpc) is 2.54. The van der Waals surface area contributed by atoms with Crippen LogP contribution >= 0.6 is 11.6 Å². The summed E-state index contributed by atoms with van der Waals surface area (Å²) in [6.45, 7) is -0.407. The number of halogens is 1. The van der Waals surface area contributed by atoms with E-state index in [-0.39, 0.29) is 17.2 Å². The van der Waals surface area contributed by atoms with Crippen molar-refractivity contribution >= 4 is 23.3 Å². The van der Waals surface area contributed by atoms with E-state index in [1.807, 2.05) is 0 Å². The Bertz CT molecular complexity index is 734. The molecule has 0 spiro atoms. The van der Waals surface area contributed by atoms with Gasteiger partial charge in [0.2, 0.25) is 0 Å². The van der Waals surface area contributed by atoms with Crippen molar-refractivity contribution in [1.29, 1.82) is 0 Å². The van der Waals surface area contributed by atoms with Gasteiger partial charge in [-0.3, -0.25) is 10.1 Å². The van der Waals surface area contributed by atoms with Crippen LogP contribution in [0.15, 0.2) is 42.5 Å². The van der Waals surface area contributed by atoms with Gasteiger partial charge in [0.15, 0.2) is 18.1 Å². The number of ether oxygens (including phenoxy) is 3. The van der Waals surface area contributed by atoms with Crippen molar-refractivity contribution in [2.45, 2.75) is 0 Å². The zero-order valence-electron chi connectivity index (χ0n) is 12.0. The SMILES string of the molecule is COc1ccc([N+](=O)[O-])cc1OC(=O)COc1ccccc1Cl. The van der Waals surface area contributed by atoms with Crippen molar-refractivity contribution in [1.82, 2.24) is 0 Å². The van der Waals surface area contributed by atoms with E-state index < -0.39 is 17.5 Å². The van der Waals surface area contributed by atoms with Gasteiger partial charge in [-0.15, -0.1) is 0 Å². The van der Waals surface area contributed by atoms with E-state index in [9.17, 15) is 14.9 Å². The van der Waals surface area contributed by atoms with Crippen molar-refractivity contribution in [3.05, 3.63) is 57.6 Å². The fourth-order valence-corrected chi connectivity index (χ4v) is 1.90. The molecule has 8 heteroatoms. The lowest BCUT2D eigenvalue weighted by Crippen LogP contribution is -2.18. The molecular weight excluding hydrogens is 326 g/mol. The minimum Gasteiger partial charge on any atom is -0.493 e. The maximum absolute atomic E-state index is 11.8. The van der Waals surface area contributed by atoms with Gasteiger partial charge in [-0.1, -0.05) is 23.7 Å². The lowest BCUT2D eigenvalue weighted by atomic mass is 10.3. The molecule has 7 nitrogen and oxygen atoms in total. The summed E-state index contributed by atoms with van der Waals surface area (Å²) in [4.78, 5) is 22.0. The molecule has 0 N–H and O–H groups in total. The third-order valence-electron chi connectivity index (χ3n) is 2.76. The molecule has 0 aliphatic heterocycles. The molecule has 0 aromatic heterocycles. The summed E-state index contributed by atoms with van der Waals surface area (Å²) in [5.74, 6) is -0.281. The standard InChI is InChI=1S/C15H12ClNO6/c1-21-13-7-6-10(17(19)20)8-14(13)23-15(18)9-22-12-5-3-2-4-11(12)16/h2-8H,9H2,1H3. The van der Waals surface area contributed by atoms with E-state index in [1.54, 1.807) is 24.3 Å². The number of carbonyl (C=O) groups is 1. The predicted molar refractivity (Wildman–Crippen MR) is 82.2 cm³/mol. The maximum atomic E-state index is 11.8. The number of hydrogen-bond acceptors (Lipinski definition) is 6. The zero-order valence-corrected chi connectivity index (χ0v) is 12.8. The molecule has 120 valence electrons. The summed E-state index contributed by atoms with van der Waals surface area (Å²) in [6.07, 6.45) is 0. The third-order valence-corrected chi connectivity index (χ3v) is 3.08. The summed E-state index contributed by atoms with van der Waals surface area (Å²) in [7, 11) is 1.36. The topological polar surface area (TPSA) is 87.9 Å². The summed E-state index contributed by atoms with van der Waals surface area (Å²) in [6, 6.07) is 10.3. The Labute approximate surface area is 136 Å². The minimum absolute atomic E-state index is 0.0607. The zero-order chi connectivity index (χ0) is 16.8. The molecule has 23 heavy (non-hydrogen) atoms. The summed E-state index contributed by atoms with van der Waals surface area (Å²) in [5.41, 5.74) is -0.222. The van der Waals surface area contributed by atoms with Crippen LogP contribution in [0.1, 0.15) is 0 Å². The molecule has 0 saturated carbocycles.